The van der Waals surface area contributed by atoms with Crippen molar-refractivity contribution in [3.63, 3.8) is 0 Å². The van der Waals surface area contributed by atoms with E-state index in [1.807, 2.05) is 0 Å². The molecule has 2 aliphatic rings. The maximum absolute atomic E-state index is 6.14. The van der Waals surface area contributed by atoms with Crippen molar-refractivity contribution >= 4 is 9.28 Å². The fraction of sp³-hybridized carbons (Fsp3) is 1.00. The average molecular weight is 329 g/mol. The Morgan fingerprint density at radius 2 is 1.59 bits per heavy atom. The van der Waals surface area contributed by atoms with Gasteiger partial charge in [0.25, 0.3) is 0 Å². The molecule has 4 heteroatoms. The summed E-state index contributed by atoms with van der Waals surface area (Å²) in [5.74, 6) is 0.859. The quantitative estimate of drug-likeness (QED) is 0.282. The van der Waals surface area contributed by atoms with Gasteiger partial charge in [0.15, 0.2) is 0 Å². The first-order valence-electron chi connectivity index (χ1n) is 9.72. The third-order valence-electron chi connectivity index (χ3n) is 5.03. The van der Waals surface area contributed by atoms with E-state index in [0.717, 1.165) is 19.1 Å². The molecule has 0 spiro atoms. The van der Waals surface area contributed by atoms with Crippen LogP contribution in [0.2, 0.25) is 6.04 Å². The molecule has 3 nitrogen and oxygen atoms in total. The van der Waals surface area contributed by atoms with Gasteiger partial charge in [0.05, 0.1) is 12.2 Å². The molecule has 130 valence electrons. The minimum atomic E-state index is -1.44. The van der Waals surface area contributed by atoms with Crippen molar-refractivity contribution in [2.45, 2.75) is 96.3 Å². The lowest BCUT2D eigenvalue weighted by atomic mass is 9.88. The van der Waals surface area contributed by atoms with Crippen LogP contribution in [0, 0.1) is 5.92 Å². The van der Waals surface area contributed by atoms with E-state index in [2.05, 4.69) is 13.8 Å². The van der Waals surface area contributed by atoms with Crippen molar-refractivity contribution in [3.05, 3.63) is 0 Å². The van der Waals surface area contributed by atoms with Crippen LogP contribution < -0.4 is 0 Å². The summed E-state index contributed by atoms with van der Waals surface area (Å²) in [6.45, 7) is 6.31. The van der Waals surface area contributed by atoms with Crippen LogP contribution in [0.3, 0.4) is 0 Å². The van der Waals surface area contributed by atoms with Gasteiger partial charge in [0, 0.05) is 13.2 Å². The van der Waals surface area contributed by atoms with Gasteiger partial charge in [-0.1, -0.05) is 39.5 Å². The van der Waals surface area contributed by atoms with Crippen LogP contribution in [0.4, 0.5) is 0 Å². The summed E-state index contributed by atoms with van der Waals surface area (Å²) in [6, 6.07) is 1.19. The van der Waals surface area contributed by atoms with Crippen molar-refractivity contribution in [3.8, 4) is 0 Å². The topological polar surface area (TPSA) is 31.0 Å². The lowest BCUT2D eigenvalue weighted by molar-refractivity contribution is 0.186. The maximum atomic E-state index is 6.14. The zero-order valence-corrected chi connectivity index (χ0v) is 15.9. The standard InChI is InChI=1S/C18H36O3Si/c1-3-5-7-12-19-22(20-13-8-6-4-2)14-11-16-9-10-17-18(15-16)21-17/h16-18,22H,3-15H2,1-2H3. The molecule has 0 aromatic rings. The molecule has 0 N–H and O–H groups in total. The highest BCUT2D eigenvalue weighted by Crippen LogP contribution is 2.41. The molecule has 1 saturated carbocycles. The third-order valence-corrected chi connectivity index (χ3v) is 7.05. The van der Waals surface area contributed by atoms with E-state index in [4.69, 9.17) is 13.6 Å². The van der Waals surface area contributed by atoms with Gasteiger partial charge in [-0.05, 0) is 50.5 Å². The number of fused-ring (bicyclic) bond motifs is 1. The van der Waals surface area contributed by atoms with Gasteiger partial charge >= 0.3 is 9.28 Å². The van der Waals surface area contributed by atoms with E-state index in [0.29, 0.717) is 12.2 Å². The molecule has 1 aliphatic carbocycles. The van der Waals surface area contributed by atoms with E-state index in [9.17, 15) is 0 Å². The Morgan fingerprint density at radius 1 is 0.909 bits per heavy atom. The maximum Gasteiger partial charge on any atom is 0.321 e. The minimum Gasteiger partial charge on any atom is -0.397 e. The second kappa shape index (κ2) is 10.8. The van der Waals surface area contributed by atoms with Crippen molar-refractivity contribution in [1.29, 1.82) is 0 Å². The molecule has 3 atom stereocenters. The zero-order valence-electron chi connectivity index (χ0n) is 14.7. The smallest absolute Gasteiger partial charge is 0.321 e. The molecule has 1 saturated heterocycles. The number of rotatable bonds is 13. The van der Waals surface area contributed by atoms with E-state index in [1.165, 1.54) is 70.3 Å². The number of ether oxygens (including phenoxy) is 1. The first kappa shape index (κ1) is 18.4. The molecular weight excluding hydrogens is 292 g/mol. The molecule has 0 bridgehead atoms. The number of unbranched alkanes of at least 4 members (excludes halogenated alkanes) is 4. The van der Waals surface area contributed by atoms with Crippen LogP contribution in [0.5, 0.6) is 0 Å². The Bertz CT molecular complexity index is 276. The van der Waals surface area contributed by atoms with Gasteiger partial charge in [0.2, 0.25) is 0 Å². The fourth-order valence-corrected chi connectivity index (χ4v) is 5.50. The van der Waals surface area contributed by atoms with Crippen LogP contribution >= 0.6 is 0 Å². The lowest BCUT2D eigenvalue weighted by Crippen LogP contribution is -2.26. The first-order chi connectivity index (χ1) is 10.8. The van der Waals surface area contributed by atoms with E-state index < -0.39 is 9.28 Å². The Kier molecular flexibility index (Phi) is 9.04. The van der Waals surface area contributed by atoms with Crippen molar-refractivity contribution in [2.24, 2.45) is 5.92 Å². The van der Waals surface area contributed by atoms with Gasteiger partial charge in [-0.3, -0.25) is 0 Å². The molecule has 1 aliphatic heterocycles. The Morgan fingerprint density at radius 3 is 2.18 bits per heavy atom. The summed E-state index contributed by atoms with van der Waals surface area (Å²) in [5.41, 5.74) is 0. The van der Waals surface area contributed by atoms with Gasteiger partial charge in [0.1, 0.15) is 0 Å². The Balaban J connectivity index is 1.60. The first-order valence-corrected chi connectivity index (χ1v) is 11.5. The molecular formula is C18H36O3Si. The van der Waals surface area contributed by atoms with Crippen LogP contribution in [-0.4, -0.2) is 34.7 Å². The average Bonchev–Trinajstić information content (AvgIpc) is 3.31. The second-order valence-electron chi connectivity index (χ2n) is 7.05. The highest BCUT2D eigenvalue weighted by molar-refractivity contribution is 6.44. The van der Waals surface area contributed by atoms with Crippen molar-refractivity contribution in [1.82, 2.24) is 0 Å². The predicted octanol–water partition coefficient (Wildman–Crippen LogP) is 4.58. The van der Waals surface area contributed by atoms with E-state index >= 15 is 0 Å². The van der Waals surface area contributed by atoms with E-state index in [-0.39, 0.29) is 0 Å². The van der Waals surface area contributed by atoms with Crippen molar-refractivity contribution < 1.29 is 13.6 Å². The summed E-state index contributed by atoms with van der Waals surface area (Å²) in [4.78, 5) is 0. The van der Waals surface area contributed by atoms with Crippen LogP contribution in [-0.2, 0) is 13.6 Å². The van der Waals surface area contributed by atoms with E-state index in [1.54, 1.807) is 0 Å². The lowest BCUT2D eigenvalue weighted by Gasteiger charge is -2.22. The molecule has 0 radical (unpaired) electrons. The third kappa shape index (κ3) is 7.11. The highest BCUT2D eigenvalue weighted by atomic mass is 28.3. The molecule has 3 unspecified atom stereocenters. The Hall–Kier alpha value is 0.0969. The normalized spacial score (nSPS) is 27.1. The summed E-state index contributed by atoms with van der Waals surface area (Å²) in [5, 5.41) is 0. The van der Waals surface area contributed by atoms with Gasteiger partial charge < -0.3 is 13.6 Å². The summed E-state index contributed by atoms with van der Waals surface area (Å²) in [7, 11) is -1.44. The van der Waals surface area contributed by atoms with Gasteiger partial charge in [-0.2, -0.15) is 0 Å². The number of hydrogen-bond acceptors (Lipinski definition) is 3. The van der Waals surface area contributed by atoms with Gasteiger partial charge in [-0.15, -0.1) is 0 Å². The zero-order chi connectivity index (χ0) is 15.6. The highest BCUT2D eigenvalue weighted by Gasteiger charge is 2.43. The monoisotopic (exact) mass is 328 g/mol. The summed E-state index contributed by atoms with van der Waals surface area (Å²) in [6.07, 6.45) is 13.9. The summed E-state index contributed by atoms with van der Waals surface area (Å²) < 4.78 is 17.9. The van der Waals surface area contributed by atoms with Gasteiger partial charge in [-0.25, -0.2) is 0 Å². The number of epoxide rings is 1. The largest absolute Gasteiger partial charge is 0.397 e. The fourth-order valence-electron chi connectivity index (χ4n) is 3.47. The second-order valence-corrected chi connectivity index (χ2v) is 9.16. The minimum absolute atomic E-state index is 0.606. The Labute approximate surface area is 138 Å². The molecule has 1 heterocycles. The molecule has 22 heavy (non-hydrogen) atoms. The molecule has 2 rings (SSSR count). The molecule has 0 aromatic carbocycles. The summed E-state index contributed by atoms with van der Waals surface area (Å²) >= 11 is 0. The molecule has 0 aromatic heterocycles. The predicted molar refractivity (Wildman–Crippen MR) is 93.5 cm³/mol. The molecule has 2 fully saturated rings. The number of hydrogen-bond donors (Lipinski definition) is 0. The molecule has 0 amide bonds. The van der Waals surface area contributed by atoms with Crippen LogP contribution in [0.15, 0.2) is 0 Å². The van der Waals surface area contributed by atoms with Crippen molar-refractivity contribution in [2.75, 3.05) is 13.2 Å². The van der Waals surface area contributed by atoms with Crippen LogP contribution in [0.1, 0.15) is 78.1 Å². The van der Waals surface area contributed by atoms with Crippen LogP contribution in [0.25, 0.3) is 0 Å². The SMILES string of the molecule is CCCCCO[SiH](CCC1CCC2OC2C1)OCCCCC.